The molecule has 0 fully saturated rings. The van der Waals surface area contributed by atoms with Crippen LogP contribution in [0, 0.1) is 5.92 Å². The highest BCUT2D eigenvalue weighted by Crippen LogP contribution is 2.29. The van der Waals surface area contributed by atoms with Crippen molar-refractivity contribution in [2.75, 3.05) is 20.6 Å². The Morgan fingerprint density at radius 3 is 2.53 bits per heavy atom. The molecule has 0 amide bonds. The maximum Gasteiger partial charge on any atom is 0.0154 e. The minimum Gasteiger partial charge on any atom is -0.308 e. The van der Waals surface area contributed by atoms with Crippen LogP contribution in [0.3, 0.4) is 0 Å². The van der Waals surface area contributed by atoms with Crippen LogP contribution in [0.5, 0.6) is 0 Å². The van der Waals surface area contributed by atoms with Gasteiger partial charge in [-0.05, 0) is 25.2 Å². The van der Waals surface area contributed by atoms with Gasteiger partial charge in [0.15, 0.2) is 0 Å². The molecule has 0 bridgehead atoms. The fourth-order valence-corrected chi connectivity index (χ4v) is 2.01. The largest absolute Gasteiger partial charge is 0.308 e. The second kappa shape index (κ2) is 4.45. The minimum atomic E-state index is 0.544. The molecule has 78 valence electrons. The highest BCUT2D eigenvalue weighted by molar-refractivity contribution is 5.73. The maximum atomic E-state index is 2.28. The van der Waals surface area contributed by atoms with Gasteiger partial charge in [-0.1, -0.05) is 48.6 Å². The zero-order valence-corrected chi connectivity index (χ0v) is 9.35. The maximum absolute atomic E-state index is 2.28. The van der Waals surface area contributed by atoms with Gasteiger partial charge < -0.3 is 4.90 Å². The normalized spacial score (nSPS) is 19.7. The molecule has 15 heavy (non-hydrogen) atoms. The van der Waals surface area contributed by atoms with E-state index >= 15 is 0 Å². The van der Waals surface area contributed by atoms with Crippen molar-refractivity contribution >= 4 is 5.57 Å². The number of benzene rings is 1. The Bertz CT molecular complexity index is 374. The van der Waals surface area contributed by atoms with Gasteiger partial charge in [-0.25, -0.2) is 0 Å². The van der Waals surface area contributed by atoms with Crippen molar-refractivity contribution in [1.82, 2.24) is 4.90 Å². The predicted octanol–water partition coefficient (Wildman–Crippen LogP) is 2.82. The van der Waals surface area contributed by atoms with Crippen LogP contribution in [0.1, 0.15) is 5.56 Å². The molecule has 0 N–H and O–H groups in total. The molecular formula is C14H17N. The predicted molar refractivity (Wildman–Crippen MR) is 65.6 cm³/mol. The topological polar surface area (TPSA) is 3.24 Å². The standard InChI is InChI=1S/C14H17N/c1-15(2)11-13-9-6-10-14(13)12-7-4-3-5-8-12/h3-10,13H,11H2,1-2H3. The van der Waals surface area contributed by atoms with Gasteiger partial charge in [0, 0.05) is 12.5 Å². The van der Waals surface area contributed by atoms with Crippen LogP contribution in [0.25, 0.3) is 5.57 Å². The first-order chi connectivity index (χ1) is 7.27. The Kier molecular flexibility index (Phi) is 3.02. The van der Waals surface area contributed by atoms with Gasteiger partial charge in [0.1, 0.15) is 0 Å². The summed E-state index contributed by atoms with van der Waals surface area (Å²) in [5.41, 5.74) is 2.78. The van der Waals surface area contributed by atoms with Gasteiger partial charge in [0.25, 0.3) is 0 Å². The smallest absolute Gasteiger partial charge is 0.0154 e. The summed E-state index contributed by atoms with van der Waals surface area (Å²) in [5.74, 6) is 0.544. The van der Waals surface area contributed by atoms with Gasteiger partial charge in [0.2, 0.25) is 0 Å². The zero-order valence-electron chi connectivity index (χ0n) is 9.35. The molecule has 1 atom stereocenters. The average Bonchev–Trinajstić information content (AvgIpc) is 2.66. The highest BCUT2D eigenvalue weighted by Gasteiger charge is 2.16. The van der Waals surface area contributed by atoms with Gasteiger partial charge in [-0.15, -0.1) is 0 Å². The molecule has 0 heterocycles. The quantitative estimate of drug-likeness (QED) is 0.723. The highest BCUT2D eigenvalue weighted by atomic mass is 15.1. The first-order valence-corrected chi connectivity index (χ1v) is 5.36. The van der Waals surface area contributed by atoms with Crippen molar-refractivity contribution in [2.45, 2.75) is 0 Å². The van der Waals surface area contributed by atoms with Crippen molar-refractivity contribution < 1.29 is 0 Å². The van der Waals surface area contributed by atoms with E-state index in [1.54, 1.807) is 0 Å². The lowest BCUT2D eigenvalue weighted by Gasteiger charge is -2.18. The van der Waals surface area contributed by atoms with Crippen LogP contribution >= 0.6 is 0 Å². The fourth-order valence-electron chi connectivity index (χ4n) is 2.01. The molecule has 0 saturated heterocycles. The van der Waals surface area contributed by atoms with Gasteiger partial charge in [0.05, 0.1) is 0 Å². The summed E-state index contributed by atoms with van der Waals surface area (Å²) in [4.78, 5) is 2.23. The number of hydrogen-bond acceptors (Lipinski definition) is 1. The SMILES string of the molecule is CN(C)CC1C=CC=C1c1ccccc1. The van der Waals surface area contributed by atoms with Crippen molar-refractivity contribution in [2.24, 2.45) is 5.92 Å². The Morgan fingerprint density at radius 1 is 1.13 bits per heavy atom. The van der Waals surface area contributed by atoms with Crippen molar-refractivity contribution in [3.05, 3.63) is 54.1 Å². The summed E-state index contributed by atoms with van der Waals surface area (Å²) in [6.45, 7) is 1.08. The molecular weight excluding hydrogens is 182 g/mol. The van der Waals surface area contributed by atoms with Crippen LogP contribution in [-0.4, -0.2) is 25.5 Å². The monoisotopic (exact) mass is 199 g/mol. The molecule has 0 spiro atoms. The van der Waals surface area contributed by atoms with Crippen molar-refractivity contribution in [3.63, 3.8) is 0 Å². The van der Waals surface area contributed by atoms with Crippen LogP contribution in [0.4, 0.5) is 0 Å². The van der Waals surface area contributed by atoms with E-state index in [4.69, 9.17) is 0 Å². The minimum absolute atomic E-state index is 0.544. The molecule has 2 rings (SSSR count). The molecule has 1 nitrogen and oxygen atoms in total. The first-order valence-electron chi connectivity index (χ1n) is 5.36. The first kappa shape index (κ1) is 10.2. The molecule has 0 aromatic heterocycles. The van der Waals surface area contributed by atoms with E-state index in [1.807, 2.05) is 0 Å². The Labute approximate surface area is 91.7 Å². The second-order valence-corrected chi connectivity index (χ2v) is 4.24. The van der Waals surface area contributed by atoms with Gasteiger partial charge in [-0.3, -0.25) is 0 Å². The summed E-state index contributed by atoms with van der Waals surface area (Å²) in [7, 11) is 4.24. The summed E-state index contributed by atoms with van der Waals surface area (Å²) in [6.07, 6.45) is 6.67. The van der Waals surface area contributed by atoms with E-state index in [9.17, 15) is 0 Å². The Hall–Kier alpha value is -1.34. The third kappa shape index (κ3) is 2.37. The van der Waals surface area contributed by atoms with E-state index in [0.717, 1.165) is 6.54 Å². The summed E-state index contributed by atoms with van der Waals surface area (Å²) < 4.78 is 0. The molecule has 1 aliphatic carbocycles. The molecule has 0 aliphatic heterocycles. The van der Waals surface area contributed by atoms with Crippen molar-refractivity contribution in [3.8, 4) is 0 Å². The lowest BCUT2D eigenvalue weighted by molar-refractivity contribution is 0.390. The summed E-state index contributed by atoms with van der Waals surface area (Å²) >= 11 is 0. The van der Waals surface area contributed by atoms with Crippen LogP contribution < -0.4 is 0 Å². The van der Waals surface area contributed by atoms with E-state index in [2.05, 4.69) is 67.6 Å². The van der Waals surface area contributed by atoms with Crippen LogP contribution in [0.15, 0.2) is 48.6 Å². The van der Waals surface area contributed by atoms with Gasteiger partial charge in [-0.2, -0.15) is 0 Å². The number of hydrogen-bond donors (Lipinski definition) is 0. The van der Waals surface area contributed by atoms with E-state index in [1.165, 1.54) is 11.1 Å². The zero-order chi connectivity index (χ0) is 10.7. The Balaban J connectivity index is 2.17. The van der Waals surface area contributed by atoms with E-state index in [-0.39, 0.29) is 0 Å². The fraction of sp³-hybridized carbons (Fsp3) is 0.286. The number of rotatable bonds is 3. The summed E-state index contributed by atoms with van der Waals surface area (Å²) in [6, 6.07) is 10.6. The average molecular weight is 199 g/mol. The molecule has 0 saturated carbocycles. The molecule has 1 aromatic rings. The van der Waals surface area contributed by atoms with Crippen LogP contribution in [-0.2, 0) is 0 Å². The van der Waals surface area contributed by atoms with E-state index < -0.39 is 0 Å². The molecule has 0 radical (unpaired) electrons. The second-order valence-electron chi connectivity index (χ2n) is 4.24. The third-order valence-electron chi connectivity index (χ3n) is 2.69. The van der Waals surface area contributed by atoms with E-state index in [0.29, 0.717) is 5.92 Å². The number of nitrogens with zero attached hydrogens (tertiary/aromatic N) is 1. The van der Waals surface area contributed by atoms with Crippen LogP contribution in [0.2, 0.25) is 0 Å². The number of allylic oxidation sites excluding steroid dienone is 2. The molecule has 1 heteroatoms. The lowest BCUT2D eigenvalue weighted by atomic mass is 9.95. The molecule has 1 aliphatic rings. The van der Waals surface area contributed by atoms with Gasteiger partial charge >= 0.3 is 0 Å². The lowest BCUT2D eigenvalue weighted by Crippen LogP contribution is -2.20. The molecule has 1 unspecified atom stereocenters. The van der Waals surface area contributed by atoms with Crippen molar-refractivity contribution in [1.29, 1.82) is 0 Å². The summed E-state index contributed by atoms with van der Waals surface area (Å²) in [5, 5.41) is 0. The third-order valence-corrected chi connectivity index (χ3v) is 2.69. The molecule has 1 aromatic carbocycles. The Morgan fingerprint density at radius 2 is 1.87 bits per heavy atom.